The van der Waals surface area contributed by atoms with E-state index in [1.807, 2.05) is 24.3 Å². The number of benzene rings is 2. The molecule has 178 valence electrons. The van der Waals surface area contributed by atoms with Crippen LogP contribution >= 0.6 is 0 Å². The predicted octanol–water partition coefficient (Wildman–Crippen LogP) is 2.56. The molecule has 2 aromatic heterocycles. The number of nitrogens with one attached hydrogen (secondary N) is 1. The molecule has 0 saturated carbocycles. The van der Waals surface area contributed by atoms with Gasteiger partial charge in [0.15, 0.2) is 0 Å². The molecule has 5 rings (SSSR count). The summed E-state index contributed by atoms with van der Waals surface area (Å²) >= 11 is 0. The predicted molar refractivity (Wildman–Crippen MR) is 131 cm³/mol. The van der Waals surface area contributed by atoms with Crippen molar-refractivity contribution in [3.8, 4) is 11.1 Å². The highest BCUT2D eigenvalue weighted by Crippen LogP contribution is 2.28. The number of rotatable bonds is 5. The highest BCUT2D eigenvalue weighted by molar-refractivity contribution is 7.89. The van der Waals surface area contributed by atoms with E-state index in [1.165, 1.54) is 12.1 Å². The summed E-state index contributed by atoms with van der Waals surface area (Å²) in [4.78, 5) is 28.1. The smallest absolute Gasteiger partial charge is 0.255 e. The van der Waals surface area contributed by atoms with Crippen LogP contribution in [-0.4, -0.2) is 60.5 Å². The minimum Gasteiger partial charge on any atom is -0.378 e. The van der Waals surface area contributed by atoms with Gasteiger partial charge >= 0.3 is 0 Å². The van der Waals surface area contributed by atoms with Gasteiger partial charge in [-0.2, -0.15) is 0 Å². The van der Waals surface area contributed by atoms with Crippen LogP contribution in [0.15, 0.2) is 72.0 Å². The number of pyridine rings is 1. The summed E-state index contributed by atoms with van der Waals surface area (Å²) in [5, 5.41) is 9.06. The fourth-order valence-electron chi connectivity index (χ4n) is 3.86. The summed E-state index contributed by atoms with van der Waals surface area (Å²) < 4.78 is 28.3. The first kappa shape index (κ1) is 22.8. The molecular formula is C24H22N6O4S. The summed E-state index contributed by atoms with van der Waals surface area (Å²) in [5.74, 6) is 0.254. The lowest BCUT2D eigenvalue weighted by molar-refractivity contribution is 0.0302. The first-order valence-electron chi connectivity index (χ1n) is 10.9. The number of anilines is 2. The van der Waals surface area contributed by atoms with Gasteiger partial charge in [-0.25, -0.2) is 23.5 Å². The van der Waals surface area contributed by atoms with Crippen molar-refractivity contribution in [2.24, 2.45) is 5.14 Å². The van der Waals surface area contributed by atoms with Crippen LogP contribution in [0, 0.1) is 0 Å². The Morgan fingerprint density at radius 1 is 1.03 bits per heavy atom. The molecule has 4 aromatic rings. The summed E-state index contributed by atoms with van der Waals surface area (Å²) in [6, 6.07) is 13.5. The van der Waals surface area contributed by atoms with Crippen molar-refractivity contribution in [1.82, 2.24) is 19.9 Å². The zero-order valence-electron chi connectivity index (χ0n) is 18.6. The Hall–Kier alpha value is -3.93. The molecule has 3 N–H and O–H groups in total. The lowest BCUT2D eigenvalue weighted by atomic mass is 10.0. The Labute approximate surface area is 201 Å². The van der Waals surface area contributed by atoms with Gasteiger partial charge in [-0.05, 0) is 30.3 Å². The van der Waals surface area contributed by atoms with Crippen molar-refractivity contribution in [2.75, 3.05) is 31.6 Å². The Morgan fingerprint density at radius 3 is 2.54 bits per heavy atom. The molecule has 1 amide bonds. The van der Waals surface area contributed by atoms with Crippen molar-refractivity contribution in [1.29, 1.82) is 0 Å². The van der Waals surface area contributed by atoms with Crippen LogP contribution in [0.1, 0.15) is 10.4 Å². The second-order valence-electron chi connectivity index (χ2n) is 8.00. The molecule has 35 heavy (non-hydrogen) atoms. The molecule has 11 heteroatoms. The highest BCUT2D eigenvalue weighted by Gasteiger charge is 2.19. The third-order valence-electron chi connectivity index (χ3n) is 5.64. The number of carbonyl (C=O) groups is 1. The standard InChI is InChI=1S/C24H22N6O4S/c25-35(32,33)20-6-4-19(5-7-20)28-24-27-15-16-2-1-3-21(22(16)29-24)17-12-18(14-26-13-17)23(31)30-8-10-34-11-9-30/h1-7,12-15H,8-11H2,(H2,25,32,33)(H,27,28,29). The minimum atomic E-state index is -3.77. The van der Waals surface area contributed by atoms with Crippen molar-refractivity contribution in [2.45, 2.75) is 4.90 Å². The van der Waals surface area contributed by atoms with Gasteiger partial charge < -0.3 is 15.0 Å². The van der Waals surface area contributed by atoms with Crippen LogP contribution in [0.4, 0.5) is 11.6 Å². The number of nitrogens with zero attached hydrogens (tertiary/aromatic N) is 4. The second-order valence-corrected chi connectivity index (χ2v) is 9.56. The maximum absolute atomic E-state index is 12.9. The fraction of sp³-hybridized carbons (Fsp3) is 0.167. The first-order chi connectivity index (χ1) is 16.9. The number of para-hydroxylation sites is 1. The van der Waals surface area contributed by atoms with Crippen molar-refractivity contribution in [3.05, 3.63) is 72.7 Å². The monoisotopic (exact) mass is 490 g/mol. The van der Waals surface area contributed by atoms with Crippen LogP contribution in [0.2, 0.25) is 0 Å². The lowest BCUT2D eigenvalue weighted by Crippen LogP contribution is -2.40. The number of sulfonamides is 1. The van der Waals surface area contributed by atoms with E-state index in [0.717, 1.165) is 16.5 Å². The average molecular weight is 491 g/mol. The SMILES string of the molecule is NS(=O)(=O)c1ccc(Nc2ncc3cccc(-c4cncc(C(=O)N5CCOCC5)c4)c3n2)cc1. The van der Waals surface area contributed by atoms with Crippen LogP contribution in [0.3, 0.4) is 0 Å². The molecule has 2 aromatic carbocycles. The third-order valence-corrected chi connectivity index (χ3v) is 6.57. The zero-order chi connectivity index (χ0) is 24.4. The van der Waals surface area contributed by atoms with Crippen LogP contribution < -0.4 is 10.5 Å². The van der Waals surface area contributed by atoms with E-state index in [-0.39, 0.29) is 10.8 Å². The van der Waals surface area contributed by atoms with Gasteiger partial charge in [0.1, 0.15) is 0 Å². The van der Waals surface area contributed by atoms with Gasteiger partial charge in [0.05, 0.1) is 29.2 Å². The molecule has 10 nitrogen and oxygen atoms in total. The molecule has 0 bridgehead atoms. The normalized spacial score (nSPS) is 14.1. The molecule has 1 saturated heterocycles. The number of nitrogens with two attached hydrogens (primary N) is 1. The van der Waals surface area contributed by atoms with Gasteiger partial charge in [0.25, 0.3) is 5.91 Å². The fourth-order valence-corrected chi connectivity index (χ4v) is 4.37. The molecule has 1 aliphatic rings. The van der Waals surface area contributed by atoms with Crippen molar-refractivity contribution in [3.63, 3.8) is 0 Å². The molecular weight excluding hydrogens is 468 g/mol. The van der Waals surface area contributed by atoms with Crippen LogP contribution in [0.5, 0.6) is 0 Å². The summed E-state index contributed by atoms with van der Waals surface area (Å²) in [5.41, 5.74) is 3.36. The molecule has 0 radical (unpaired) electrons. The number of hydrogen-bond donors (Lipinski definition) is 2. The highest BCUT2D eigenvalue weighted by atomic mass is 32.2. The number of hydrogen-bond acceptors (Lipinski definition) is 8. The number of aromatic nitrogens is 3. The van der Waals surface area contributed by atoms with Gasteiger partial charge in [0.2, 0.25) is 16.0 Å². The van der Waals surface area contributed by atoms with E-state index in [9.17, 15) is 13.2 Å². The van der Waals surface area contributed by atoms with Crippen molar-refractivity contribution < 1.29 is 17.9 Å². The van der Waals surface area contributed by atoms with E-state index in [1.54, 1.807) is 35.6 Å². The molecule has 0 aliphatic carbocycles. The third kappa shape index (κ3) is 4.97. The maximum Gasteiger partial charge on any atom is 0.255 e. The van der Waals surface area contributed by atoms with Crippen LogP contribution in [0.25, 0.3) is 22.0 Å². The molecule has 3 heterocycles. The Bertz CT molecular complexity index is 1500. The molecule has 0 spiro atoms. The largest absolute Gasteiger partial charge is 0.378 e. The van der Waals surface area contributed by atoms with Gasteiger partial charge in [-0.15, -0.1) is 0 Å². The maximum atomic E-state index is 12.9. The topological polar surface area (TPSA) is 140 Å². The number of primary sulfonamides is 1. The Balaban J connectivity index is 1.46. The Kier molecular flexibility index (Phi) is 6.12. The average Bonchev–Trinajstić information content (AvgIpc) is 2.88. The first-order valence-corrected chi connectivity index (χ1v) is 12.4. The van der Waals surface area contributed by atoms with E-state index in [4.69, 9.17) is 9.88 Å². The Morgan fingerprint density at radius 2 is 1.80 bits per heavy atom. The summed E-state index contributed by atoms with van der Waals surface area (Å²) in [6.07, 6.45) is 4.97. The van der Waals surface area contributed by atoms with E-state index in [0.29, 0.717) is 49.0 Å². The quantitative estimate of drug-likeness (QED) is 0.435. The number of amides is 1. The van der Waals surface area contributed by atoms with Gasteiger partial charge in [0, 0.05) is 53.9 Å². The van der Waals surface area contributed by atoms with Gasteiger partial charge in [-0.3, -0.25) is 9.78 Å². The molecule has 0 atom stereocenters. The number of carbonyl (C=O) groups excluding carboxylic acids is 1. The van der Waals surface area contributed by atoms with E-state index < -0.39 is 10.0 Å². The van der Waals surface area contributed by atoms with E-state index in [2.05, 4.69) is 20.3 Å². The lowest BCUT2D eigenvalue weighted by Gasteiger charge is -2.26. The van der Waals surface area contributed by atoms with Gasteiger partial charge in [-0.1, -0.05) is 18.2 Å². The van der Waals surface area contributed by atoms with E-state index >= 15 is 0 Å². The zero-order valence-corrected chi connectivity index (χ0v) is 19.4. The van der Waals surface area contributed by atoms with Crippen LogP contribution in [-0.2, 0) is 14.8 Å². The number of fused-ring (bicyclic) bond motifs is 1. The number of ether oxygens (including phenoxy) is 1. The molecule has 1 aliphatic heterocycles. The molecule has 0 unspecified atom stereocenters. The number of morpholine rings is 1. The summed E-state index contributed by atoms with van der Waals surface area (Å²) in [7, 11) is -3.77. The van der Waals surface area contributed by atoms with Crippen molar-refractivity contribution >= 4 is 38.5 Å². The molecule has 1 fully saturated rings. The second kappa shape index (κ2) is 9.37. The summed E-state index contributed by atoms with van der Waals surface area (Å²) in [6.45, 7) is 2.16. The minimum absolute atomic E-state index is 0.0174.